The zero-order valence-electron chi connectivity index (χ0n) is 10.3. The Kier molecular flexibility index (Phi) is 3.71. The van der Waals surface area contributed by atoms with Crippen molar-refractivity contribution < 1.29 is 9.59 Å². The minimum absolute atomic E-state index is 0.0603. The van der Waals surface area contributed by atoms with Gasteiger partial charge in [0.05, 0.1) is 5.69 Å². The molecule has 0 saturated carbocycles. The Morgan fingerprint density at radius 2 is 2.17 bits per heavy atom. The molecule has 0 aromatic heterocycles. The molecule has 2 amide bonds. The van der Waals surface area contributed by atoms with E-state index in [0.29, 0.717) is 12.8 Å². The molecule has 1 aromatic rings. The molecule has 18 heavy (non-hydrogen) atoms. The Morgan fingerprint density at radius 3 is 2.72 bits per heavy atom. The van der Waals surface area contributed by atoms with Crippen LogP contribution < -0.4 is 10.6 Å². The highest BCUT2D eigenvalue weighted by molar-refractivity contribution is 9.10. The number of anilines is 1. The van der Waals surface area contributed by atoms with E-state index in [-0.39, 0.29) is 11.8 Å². The van der Waals surface area contributed by atoms with Crippen molar-refractivity contribution in [3.8, 4) is 0 Å². The van der Waals surface area contributed by atoms with Crippen molar-refractivity contribution in [2.24, 2.45) is 0 Å². The fourth-order valence-corrected chi connectivity index (χ4v) is 2.87. The monoisotopic (exact) mass is 310 g/mol. The Labute approximate surface area is 114 Å². The standard InChI is InChI=1S/C13H15BrN2O2/c1-7-5-8(2)12(9(14)6-7)16-13(18)10-3-4-11(17)15-10/h5-6,10H,3-4H2,1-2H3,(H,15,17)(H,16,18). The Bertz CT molecular complexity index is 491. The number of hydrogen-bond acceptors (Lipinski definition) is 2. The second-order valence-electron chi connectivity index (χ2n) is 4.59. The Morgan fingerprint density at radius 1 is 1.44 bits per heavy atom. The van der Waals surface area contributed by atoms with Crippen molar-refractivity contribution in [3.63, 3.8) is 0 Å². The quantitative estimate of drug-likeness (QED) is 0.880. The fourth-order valence-electron chi connectivity index (χ4n) is 2.10. The summed E-state index contributed by atoms with van der Waals surface area (Å²) in [6.07, 6.45) is 0.985. The van der Waals surface area contributed by atoms with Crippen molar-refractivity contribution in [1.29, 1.82) is 0 Å². The molecule has 2 N–H and O–H groups in total. The molecule has 1 fully saturated rings. The average Bonchev–Trinajstić information content (AvgIpc) is 2.70. The van der Waals surface area contributed by atoms with Crippen molar-refractivity contribution in [2.75, 3.05) is 5.32 Å². The number of rotatable bonds is 2. The molecule has 1 aromatic carbocycles. The number of hydrogen-bond donors (Lipinski definition) is 2. The van der Waals surface area contributed by atoms with E-state index >= 15 is 0 Å². The number of nitrogens with one attached hydrogen (secondary N) is 2. The zero-order valence-corrected chi connectivity index (χ0v) is 11.9. The molecule has 0 bridgehead atoms. The van der Waals surface area contributed by atoms with E-state index in [1.165, 1.54) is 0 Å². The summed E-state index contributed by atoms with van der Waals surface area (Å²) in [6.45, 7) is 3.95. The van der Waals surface area contributed by atoms with Gasteiger partial charge in [-0.1, -0.05) is 6.07 Å². The highest BCUT2D eigenvalue weighted by atomic mass is 79.9. The predicted molar refractivity (Wildman–Crippen MR) is 73.4 cm³/mol. The van der Waals surface area contributed by atoms with E-state index in [2.05, 4.69) is 26.6 Å². The van der Waals surface area contributed by atoms with Gasteiger partial charge in [0.25, 0.3) is 0 Å². The van der Waals surface area contributed by atoms with Crippen LogP contribution in [0.15, 0.2) is 16.6 Å². The van der Waals surface area contributed by atoms with Gasteiger partial charge in [0, 0.05) is 10.9 Å². The number of carbonyl (C=O) groups is 2. The van der Waals surface area contributed by atoms with Crippen LogP contribution in [0.5, 0.6) is 0 Å². The second-order valence-corrected chi connectivity index (χ2v) is 5.44. The lowest BCUT2D eigenvalue weighted by atomic mass is 10.1. The topological polar surface area (TPSA) is 58.2 Å². The minimum Gasteiger partial charge on any atom is -0.344 e. The molecular formula is C13H15BrN2O2. The summed E-state index contributed by atoms with van der Waals surface area (Å²) in [5.74, 6) is -0.219. The molecule has 96 valence electrons. The van der Waals surface area contributed by atoms with E-state index in [0.717, 1.165) is 21.3 Å². The lowest BCUT2D eigenvalue weighted by Gasteiger charge is -2.15. The molecule has 0 spiro atoms. The molecule has 1 saturated heterocycles. The van der Waals surface area contributed by atoms with Crippen LogP contribution in [0, 0.1) is 13.8 Å². The van der Waals surface area contributed by atoms with Gasteiger partial charge in [-0.05, 0) is 53.4 Å². The van der Waals surface area contributed by atoms with Gasteiger partial charge in [-0.2, -0.15) is 0 Å². The Hall–Kier alpha value is -1.36. The third-order valence-corrected chi connectivity index (χ3v) is 3.62. The van der Waals surface area contributed by atoms with Crippen LogP contribution >= 0.6 is 15.9 Å². The molecule has 1 unspecified atom stereocenters. The average molecular weight is 311 g/mol. The lowest BCUT2D eigenvalue weighted by molar-refractivity contribution is -0.122. The van der Waals surface area contributed by atoms with Gasteiger partial charge in [0.2, 0.25) is 11.8 Å². The van der Waals surface area contributed by atoms with Gasteiger partial charge < -0.3 is 10.6 Å². The van der Waals surface area contributed by atoms with Crippen molar-refractivity contribution in [3.05, 3.63) is 27.7 Å². The molecule has 1 heterocycles. The summed E-state index contributed by atoms with van der Waals surface area (Å²) >= 11 is 3.44. The van der Waals surface area contributed by atoms with E-state index in [4.69, 9.17) is 0 Å². The largest absolute Gasteiger partial charge is 0.344 e. The number of aryl methyl sites for hydroxylation is 2. The van der Waals surface area contributed by atoms with Gasteiger partial charge in [0.1, 0.15) is 6.04 Å². The minimum atomic E-state index is -0.412. The van der Waals surface area contributed by atoms with Crippen LogP contribution in [0.25, 0.3) is 0 Å². The van der Waals surface area contributed by atoms with Gasteiger partial charge in [0.15, 0.2) is 0 Å². The van der Waals surface area contributed by atoms with Crippen LogP contribution in [0.1, 0.15) is 24.0 Å². The number of amides is 2. The molecule has 5 heteroatoms. The zero-order chi connectivity index (χ0) is 13.3. The molecule has 4 nitrogen and oxygen atoms in total. The summed E-state index contributed by atoms with van der Waals surface area (Å²) in [7, 11) is 0. The van der Waals surface area contributed by atoms with Crippen LogP contribution in [-0.2, 0) is 9.59 Å². The number of halogens is 1. The van der Waals surface area contributed by atoms with E-state index < -0.39 is 6.04 Å². The number of carbonyl (C=O) groups excluding carboxylic acids is 2. The van der Waals surface area contributed by atoms with Crippen LogP contribution in [0.4, 0.5) is 5.69 Å². The first-order valence-corrected chi connectivity index (χ1v) is 6.63. The van der Waals surface area contributed by atoms with Gasteiger partial charge in [-0.15, -0.1) is 0 Å². The first-order chi connectivity index (χ1) is 8.47. The number of benzene rings is 1. The van der Waals surface area contributed by atoms with Gasteiger partial charge in [-0.25, -0.2) is 0 Å². The highest BCUT2D eigenvalue weighted by Crippen LogP contribution is 2.28. The van der Waals surface area contributed by atoms with Crippen LogP contribution in [0.3, 0.4) is 0 Å². The first kappa shape index (κ1) is 13.1. The van der Waals surface area contributed by atoms with Crippen LogP contribution in [0.2, 0.25) is 0 Å². The smallest absolute Gasteiger partial charge is 0.247 e. The summed E-state index contributed by atoms with van der Waals surface area (Å²) in [5.41, 5.74) is 2.90. The first-order valence-electron chi connectivity index (χ1n) is 5.84. The molecule has 2 rings (SSSR count). The second kappa shape index (κ2) is 5.10. The van der Waals surface area contributed by atoms with E-state index in [1.54, 1.807) is 0 Å². The summed E-state index contributed by atoms with van der Waals surface area (Å²) < 4.78 is 0.859. The van der Waals surface area contributed by atoms with Crippen molar-refractivity contribution in [1.82, 2.24) is 5.32 Å². The fraction of sp³-hybridized carbons (Fsp3) is 0.385. The normalized spacial score (nSPS) is 18.6. The van der Waals surface area contributed by atoms with E-state index in [9.17, 15) is 9.59 Å². The summed E-state index contributed by atoms with van der Waals surface area (Å²) in [6, 6.07) is 3.55. The molecule has 1 aliphatic rings. The SMILES string of the molecule is Cc1cc(C)c(NC(=O)C2CCC(=O)N2)c(Br)c1. The van der Waals surface area contributed by atoms with Crippen molar-refractivity contribution >= 4 is 33.4 Å². The highest BCUT2D eigenvalue weighted by Gasteiger charge is 2.27. The van der Waals surface area contributed by atoms with Crippen molar-refractivity contribution in [2.45, 2.75) is 32.7 Å². The lowest BCUT2D eigenvalue weighted by Crippen LogP contribution is -2.37. The molecular weight excluding hydrogens is 296 g/mol. The maximum absolute atomic E-state index is 12.0. The maximum atomic E-state index is 12.0. The summed E-state index contributed by atoms with van der Waals surface area (Å²) in [4.78, 5) is 23.1. The molecule has 1 atom stereocenters. The Balaban J connectivity index is 2.14. The third kappa shape index (κ3) is 2.72. The third-order valence-electron chi connectivity index (χ3n) is 2.99. The van der Waals surface area contributed by atoms with E-state index in [1.807, 2.05) is 26.0 Å². The van der Waals surface area contributed by atoms with Gasteiger partial charge in [-0.3, -0.25) is 9.59 Å². The predicted octanol–water partition coefficient (Wildman–Crippen LogP) is 2.28. The summed E-state index contributed by atoms with van der Waals surface area (Å²) in [5, 5.41) is 5.53. The molecule has 1 aliphatic heterocycles. The van der Waals surface area contributed by atoms with Gasteiger partial charge >= 0.3 is 0 Å². The maximum Gasteiger partial charge on any atom is 0.247 e. The molecule has 0 radical (unpaired) electrons. The van der Waals surface area contributed by atoms with Crippen LogP contribution in [-0.4, -0.2) is 17.9 Å². The molecule has 0 aliphatic carbocycles.